The molecule has 1 saturated heterocycles. The molecule has 0 unspecified atom stereocenters. The summed E-state index contributed by atoms with van der Waals surface area (Å²) in [6.45, 7) is 3.69. The number of rotatable bonds is 5. The van der Waals surface area contributed by atoms with Crippen LogP contribution in [0.5, 0.6) is 0 Å². The molecule has 2 rings (SSSR count). The van der Waals surface area contributed by atoms with Crippen molar-refractivity contribution < 1.29 is 13.6 Å². The molecule has 0 atom stereocenters. The van der Waals surface area contributed by atoms with Gasteiger partial charge in [0.1, 0.15) is 11.6 Å². The Labute approximate surface area is 135 Å². The van der Waals surface area contributed by atoms with Crippen LogP contribution in [0.1, 0.15) is 6.42 Å². The van der Waals surface area contributed by atoms with E-state index in [1.165, 1.54) is 12.1 Å². The van der Waals surface area contributed by atoms with E-state index in [0.29, 0.717) is 38.4 Å². The number of carbonyl (C=O) groups is 1. The molecule has 1 N–H and O–H groups in total. The van der Waals surface area contributed by atoms with E-state index < -0.39 is 11.6 Å². The maximum atomic E-state index is 13.8. The van der Waals surface area contributed by atoms with Gasteiger partial charge in [0.15, 0.2) is 0 Å². The van der Waals surface area contributed by atoms with E-state index in [1.54, 1.807) is 4.90 Å². The number of hydrogen-bond donors (Lipinski definition) is 1. The molecular formula is C16H24F2N4O. The number of benzene rings is 1. The van der Waals surface area contributed by atoms with Crippen LogP contribution in [0.15, 0.2) is 18.2 Å². The fraction of sp³-hybridized carbons (Fsp3) is 0.562. The predicted octanol–water partition coefficient (Wildman–Crippen LogP) is 1.75. The van der Waals surface area contributed by atoms with Crippen LogP contribution in [0.4, 0.5) is 19.3 Å². The topological polar surface area (TPSA) is 38.8 Å². The second-order valence-electron chi connectivity index (χ2n) is 5.96. The summed E-state index contributed by atoms with van der Waals surface area (Å²) in [7, 11) is 3.99. The molecule has 2 amide bonds. The van der Waals surface area contributed by atoms with E-state index in [0.717, 1.165) is 19.0 Å². The van der Waals surface area contributed by atoms with Gasteiger partial charge in [0.25, 0.3) is 0 Å². The molecule has 0 spiro atoms. The normalized spacial score (nSPS) is 15.2. The lowest BCUT2D eigenvalue weighted by molar-refractivity contribution is 0.193. The number of urea groups is 1. The third-order valence-electron chi connectivity index (χ3n) is 3.88. The Morgan fingerprint density at radius 3 is 2.52 bits per heavy atom. The van der Waals surface area contributed by atoms with Crippen LogP contribution >= 0.6 is 0 Å². The van der Waals surface area contributed by atoms with Gasteiger partial charge in [0, 0.05) is 38.8 Å². The van der Waals surface area contributed by atoms with Gasteiger partial charge in [-0.05, 0) is 39.2 Å². The number of nitrogens with one attached hydrogen (secondary N) is 1. The van der Waals surface area contributed by atoms with Crippen LogP contribution in [0, 0.1) is 11.6 Å². The molecule has 0 radical (unpaired) electrons. The zero-order valence-electron chi connectivity index (χ0n) is 13.7. The fourth-order valence-electron chi connectivity index (χ4n) is 2.59. The number of carbonyl (C=O) groups excluding carboxylic acids is 1. The molecule has 1 fully saturated rings. The lowest BCUT2D eigenvalue weighted by Gasteiger charge is -2.36. The van der Waals surface area contributed by atoms with Crippen molar-refractivity contribution in [3.63, 3.8) is 0 Å². The molecule has 0 aromatic heterocycles. The van der Waals surface area contributed by atoms with Crippen molar-refractivity contribution in [1.29, 1.82) is 0 Å². The summed E-state index contributed by atoms with van der Waals surface area (Å²) >= 11 is 0. The standard InChI is InChI=1S/C16H24F2N4O/c1-20(2)7-3-6-19-16(23)22-10-8-21(9-11-22)15-5-4-13(17)12-14(15)18/h4-5,12H,3,6-11H2,1-2H3,(H,19,23). The Hall–Kier alpha value is -1.89. The summed E-state index contributed by atoms with van der Waals surface area (Å²) in [5, 5.41) is 2.90. The monoisotopic (exact) mass is 326 g/mol. The molecule has 0 aliphatic carbocycles. The lowest BCUT2D eigenvalue weighted by Crippen LogP contribution is -2.52. The van der Waals surface area contributed by atoms with Crippen molar-refractivity contribution in [3.05, 3.63) is 29.8 Å². The van der Waals surface area contributed by atoms with E-state index in [9.17, 15) is 13.6 Å². The highest BCUT2D eigenvalue weighted by atomic mass is 19.1. The summed E-state index contributed by atoms with van der Waals surface area (Å²) < 4.78 is 26.7. The molecule has 7 heteroatoms. The largest absolute Gasteiger partial charge is 0.366 e. The average molecular weight is 326 g/mol. The summed E-state index contributed by atoms with van der Waals surface area (Å²) in [6.07, 6.45) is 0.902. The van der Waals surface area contributed by atoms with Crippen molar-refractivity contribution in [2.75, 3.05) is 58.3 Å². The number of halogens is 2. The Bertz CT molecular complexity index is 531. The van der Waals surface area contributed by atoms with Crippen molar-refractivity contribution in [3.8, 4) is 0 Å². The molecule has 1 heterocycles. The van der Waals surface area contributed by atoms with Crippen molar-refractivity contribution in [1.82, 2.24) is 15.1 Å². The molecule has 23 heavy (non-hydrogen) atoms. The minimum atomic E-state index is -0.581. The second kappa shape index (κ2) is 8.10. The summed E-state index contributed by atoms with van der Waals surface area (Å²) in [6, 6.07) is 3.51. The van der Waals surface area contributed by atoms with Gasteiger partial charge in [-0.1, -0.05) is 0 Å². The first-order valence-electron chi connectivity index (χ1n) is 7.85. The van der Waals surface area contributed by atoms with Crippen molar-refractivity contribution >= 4 is 11.7 Å². The molecule has 128 valence electrons. The molecule has 5 nitrogen and oxygen atoms in total. The maximum Gasteiger partial charge on any atom is 0.317 e. The highest BCUT2D eigenvalue weighted by molar-refractivity contribution is 5.74. The minimum Gasteiger partial charge on any atom is -0.366 e. The van der Waals surface area contributed by atoms with Crippen LogP contribution in [-0.4, -0.2) is 69.2 Å². The van der Waals surface area contributed by atoms with Gasteiger partial charge in [-0.3, -0.25) is 0 Å². The molecule has 1 aliphatic rings. The second-order valence-corrected chi connectivity index (χ2v) is 5.96. The highest BCUT2D eigenvalue weighted by Crippen LogP contribution is 2.21. The first-order chi connectivity index (χ1) is 11.0. The Morgan fingerprint density at radius 2 is 1.91 bits per heavy atom. The number of amides is 2. The van der Waals surface area contributed by atoms with E-state index in [2.05, 4.69) is 10.2 Å². The van der Waals surface area contributed by atoms with Crippen molar-refractivity contribution in [2.24, 2.45) is 0 Å². The first-order valence-corrected chi connectivity index (χ1v) is 7.85. The molecule has 1 aromatic carbocycles. The minimum absolute atomic E-state index is 0.0806. The SMILES string of the molecule is CN(C)CCCNC(=O)N1CCN(c2ccc(F)cc2F)CC1. The number of nitrogens with zero attached hydrogens (tertiary/aromatic N) is 3. The van der Waals surface area contributed by atoms with Gasteiger partial charge in [-0.25, -0.2) is 13.6 Å². The highest BCUT2D eigenvalue weighted by Gasteiger charge is 2.22. The van der Waals surface area contributed by atoms with E-state index in [4.69, 9.17) is 0 Å². The molecule has 0 bridgehead atoms. The van der Waals surface area contributed by atoms with E-state index >= 15 is 0 Å². The number of hydrogen-bond acceptors (Lipinski definition) is 3. The summed E-state index contributed by atoms with van der Waals surface area (Å²) in [5.41, 5.74) is 0.387. The third-order valence-corrected chi connectivity index (χ3v) is 3.88. The quantitative estimate of drug-likeness (QED) is 0.838. The van der Waals surface area contributed by atoms with Gasteiger partial charge in [0.05, 0.1) is 5.69 Å². The van der Waals surface area contributed by atoms with Gasteiger partial charge in [-0.15, -0.1) is 0 Å². The Kier molecular flexibility index (Phi) is 6.15. The molecule has 0 saturated carbocycles. The maximum absolute atomic E-state index is 13.8. The summed E-state index contributed by atoms with van der Waals surface area (Å²) in [4.78, 5) is 17.7. The van der Waals surface area contributed by atoms with Crippen LogP contribution in [0.2, 0.25) is 0 Å². The average Bonchev–Trinajstić information content (AvgIpc) is 2.51. The summed E-state index contributed by atoms with van der Waals surface area (Å²) in [5.74, 6) is -1.14. The number of anilines is 1. The van der Waals surface area contributed by atoms with Gasteiger partial charge in [-0.2, -0.15) is 0 Å². The smallest absolute Gasteiger partial charge is 0.317 e. The molecular weight excluding hydrogens is 302 g/mol. The number of piperazine rings is 1. The molecule has 1 aliphatic heterocycles. The van der Waals surface area contributed by atoms with E-state index in [1.807, 2.05) is 19.0 Å². The van der Waals surface area contributed by atoms with Crippen LogP contribution in [-0.2, 0) is 0 Å². The lowest BCUT2D eigenvalue weighted by atomic mass is 10.2. The Balaban J connectivity index is 1.78. The zero-order chi connectivity index (χ0) is 16.8. The van der Waals surface area contributed by atoms with E-state index in [-0.39, 0.29) is 6.03 Å². The fourth-order valence-corrected chi connectivity index (χ4v) is 2.59. The van der Waals surface area contributed by atoms with Gasteiger partial charge in [0.2, 0.25) is 0 Å². The van der Waals surface area contributed by atoms with Crippen molar-refractivity contribution in [2.45, 2.75) is 6.42 Å². The van der Waals surface area contributed by atoms with Crippen LogP contribution in [0.25, 0.3) is 0 Å². The Morgan fingerprint density at radius 1 is 1.22 bits per heavy atom. The van der Waals surface area contributed by atoms with Crippen LogP contribution in [0.3, 0.4) is 0 Å². The van der Waals surface area contributed by atoms with Gasteiger partial charge >= 0.3 is 6.03 Å². The third kappa shape index (κ3) is 5.06. The van der Waals surface area contributed by atoms with Gasteiger partial charge < -0.3 is 20.0 Å². The zero-order valence-corrected chi connectivity index (χ0v) is 13.7. The first kappa shape index (κ1) is 17.5. The predicted molar refractivity (Wildman–Crippen MR) is 86.7 cm³/mol. The molecule has 1 aromatic rings. The van der Waals surface area contributed by atoms with Crippen LogP contribution < -0.4 is 10.2 Å².